The fraction of sp³-hybridized carbons (Fsp3) is 0.250. The number of hydrogen-bond acceptors (Lipinski definition) is 7. The molecule has 0 fully saturated rings. The zero-order valence-corrected chi connectivity index (χ0v) is 23.6. The highest BCUT2D eigenvalue weighted by molar-refractivity contribution is 7.92. The normalized spacial score (nSPS) is 11.7. The van der Waals surface area contributed by atoms with Gasteiger partial charge in [-0.15, -0.1) is 0 Å². The number of nitrogens with zero attached hydrogens (tertiary/aromatic N) is 2. The van der Waals surface area contributed by atoms with Gasteiger partial charge in [0.15, 0.2) is 6.61 Å². The smallest absolute Gasteiger partial charge is 0.344 e. The van der Waals surface area contributed by atoms with Gasteiger partial charge >= 0.3 is 5.97 Å². The lowest BCUT2D eigenvalue weighted by molar-refractivity contribution is -0.157. The van der Waals surface area contributed by atoms with Crippen molar-refractivity contribution in [2.75, 3.05) is 17.5 Å². The van der Waals surface area contributed by atoms with Gasteiger partial charge in [0, 0.05) is 0 Å². The highest BCUT2D eigenvalue weighted by atomic mass is 35.5. The van der Waals surface area contributed by atoms with E-state index in [4.69, 9.17) is 21.1 Å². The lowest BCUT2D eigenvalue weighted by atomic mass is 10.2. The number of ether oxygens (including phenoxy) is 2. The van der Waals surface area contributed by atoms with Gasteiger partial charge < -0.3 is 9.47 Å². The molecule has 0 unspecified atom stereocenters. The molecular weight excluding hydrogens is 542 g/mol. The van der Waals surface area contributed by atoms with Gasteiger partial charge in [-0.3, -0.25) is 9.10 Å². The van der Waals surface area contributed by atoms with Crippen LogP contribution in [0, 0.1) is 6.92 Å². The van der Waals surface area contributed by atoms with Crippen LogP contribution in [-0.4, -0.2) is 45.3 Å². The molecule has 1 N–H and O–H groups in total. The number of sulfonamides is 1. The molecule has 0 heterocycles. The van der Waals surface area contributed by atoms with Crippen molar-refractivity contribution in [3.63, 3.8) is 0 Å². The van der Waals surface area contributed by atoms with E-state index in [1.807, 2.05) is 6.92 Å². The first-order chi connectivity index (χ1) is 18.3. The Bertz CT molecular complexity index is 1430. The third-order valence-corrected chi connectivity index (χ3v) is 7.17. The number of anilines is 1. The van der Waals surface area contributed by atoms with E-state index in [-0.39, 0.29) is 22.2 Å². The van der Waals surface area contributed by atoms with E-state index in [9.17, 15) is 18.0 Å². The van der Waals surface area contributed by atoms with Gasteiger partial charge in [-0.1, -0.05) is 41.4 Å². The summed E-state index contributed by atoms with van der Waals surface area (Å²) >= 11 is 6.28. The van der Waals surface area contributed by atoms with Crippen molar-refractivity contribution in [1.82, 2.24) is 5.43 Å². The number of carbonyl (C=O) groups excluding carboxylic acids is 2. The molecule has 3 aromatic carbocycles. The van der Waals surface area contributed by atoms with E-state index in [0.29, 0.717) is 11.3 Å². The largest absolute Gasteiger partial charge is 0.482 e. The zero-order valence-electron chi connectivity index (χ0n) is 22.0. The second-order valence-corrected chi connectivity index (χ2v) is 11.8. The number of hydrogen-bond donors (Lipinski definition) is 1. The standard InChI is InChI=1S/C28H30ClN3O6S/c1-20-9-15-23(16-10-20)39(35,36)32(25-8-6-5-7-24(25)29)18-26(33)31-30-17-21-11-13-22(14-12-21)37-19-27(34)38-28(2,3)4/h5-17H,18-19H2,1-4H3,(H,31,33)/b30-17-. The summed E-state index contributed by atoms with van der Waals surface area (Å²) in [6.45, 7) is 6.39. The first-order valence-electron chi connectivity index (χ1n) is 12.0. The Balaban J connectivity index is 1.66. The van der Waals surface area contributed by atoms with Crippen LogP contribution in [-0.2, 0) is 24.3 Å². The molecule has 0 saturated heterocycles. The lowest BCUT2D eigenvalue weighted by Crippen LogP contribution is -2.39. The van der Waals surface area contributed by atoms with Crippen LogP contribution < -0.4 is 14.5 Å². The Kier molecular flexibility index (Phi) is 9.71. The Hall–Kier alpha value is -3.89. The fourth-order valence-electron chi connectivity index (χ4n) is 3.30. The van der Waals surface area contributed by atoms with Gasteiger partial charge in [-0.2, -0.15) is 5.10 Å². The number of amides is 1. The van der Waals surface area contributed by atoms with Crippen LogP contribution in [0.15, 0.2) is 82.8 Å². The van der Waals surface area contributed by atoms with E-state index in [1.165, 1.54) is 24.4 Å². The minimum Gasteiger partial charge on any atom is -0.482 e. The molecule has 9 nitrogen and oxygen atoms in total. The molecule has 0 aliphatic rings. The van der Waals surface area contributed by atoms with Crippen LogP contribution in [0.2, 0.25) is 5.02 Å². The van der Waals surface area contributed by atoms with E-state index < -0.39 is 34.0 Å². The Morgan fingerprint density at radius 2 is 1.64 bits per heavy atom. The van der Waals surface area contributed by atoms with Gasteiger partial charge in [0.05, 0.1) is 21.8 Å². The summed E-state index contributed by atoms with van der Waals surface area (Å²) in [4.78, 5) is 24.5. The molecule has 0 aromatic heterocycles. The van der Waals surface area contributed by atoms with E-state index in [2.05, 4.69) is 10.5 Å². The average Bonchev–Trinajstić information content (AvgIpc) is 2.86. The summed E-state index contributed by atoms with van der Waals surface area (Å²) in [6, 6.07) is 19.3. The molecule has 39 heavy (non-hydrogen) atoms. The number of benzene rings is 3. The molecule has 0 aliphatic heterocycles. The summed E-state index contributed by atoms with van der Waals surface area (Å²) in [5.74, 6) is -0.691. The molecule has 0 bridgehead atoms. The lowest BCUT2D eigenvalue weighted by Gasteiger charge is -2.24. The molecule has 0 aliphatic carbocycles. The maximum absolute atomic E-state index is 13.4. The highest BCUT2D eigenvalue weighted by Crippen LogP contribution is 2.30. The van der Waals surface area contributed by atoms with Gasteiger partial charge in [0.2, 0.25) is 0 Å². The third-order valence-electron chi connectivity index (χ3n) is 5.08. The average molecular weight is 572 g/mol. The van der Waals surface area contributed by atoms with Gasteiger partial charge in [0.1, 0.15) is 17.9 Å². The fourth-order valence-corrected chi connectivity index (χ4v) is 5.03. The maximum Gasteiger partial charge on any atom is 0.344 e. The van der Waals surface area contributed by atoms with E-state index >= 15 is 0 Å². The monoisotopic (exact) mass is 571 g/mol. The topological polar surface area (TPSA) is 114 Å². The summed E-state index contributed by atoms with van der Waals surface area (Å²) in [7, 11) is -4.10. The number of carbonyl (C=O) groups is 2. The number of rotatable bonds is 10. The number of aryl methyl sites for hydroxylation is 1. The van der Waals surface area contributed by atoms with Crippen molar-refractivity contribution in [2.45, 2.75) is 38.2 Å². The van der Waals surface area contributed by atoms with Crippen molar-refractivity contribution in [3.8, 4) is 5.75 Å². The first-order valence-corrected chi connectivity index (χ1v) is 13.8. The minimum atomic E-state index is -4.10. The molecule has 0 spiro atoms. The Morgan fingerprint density at radius 1 is 1.00 bits per heavy atom. The minimum absolute atomic E-state index is 0.0262. The zero-order chi connectivity index (χ0) is 28.6. The molecule has 11 heteroatoms. The van der Waals surface area contributed by atoms with Crippen molar-refractivity contribution < 1.29 is 27.5 Å². The van der Waals surface area contributed by atoms with E-state index in [0.717, 1.165) is 9.87 Å². The predicted molar refractivity (Wildman–Crippen MR) is 151 cm³/mol. The summed E-state index contributed by atoms with van der Waals surface area (Å²) in [6.07, 6.45) is 1.39. The summed E-state index contributed by atoms with van der Waals surface area (Å²) in [5.41, 5.74) is 3.45. The van der Waals surface area contributed by atoms with Crippen LogP contribution >= 0.6 is 11.6 Å². The predicted octanol–water partition coefficient (Wildman–Crippen LogP) is 4.71. The second kappa shape index (κ2) is 12.8. The number of hydrazone groups is 1. The van der Waals surface area contributed by atoms with Crippen molar-refractivity contribution in [3.05, 3.63) is 88.9 Å². The SMILES string of the molecule is Cc1ccc(S(=O)(=O)N(CC(=O)N/N=C\c2ccc(OCC(=O)OC(C)(C)C)cc2)c2ccccc2Cl)cc1. The number of para-hydroxylation sites is 1. The third kappa shape index (κ3) is 8.83. The van der Waals surface area contributed by atoms with Crippen LogP contribution in [0.5, 0.6) is 5.75 Å². The highest BCUT2D eigenvalue weighted by Gasteiger charge is 2.28. The van der Waals surface area contributed by atoms with Crippen molar-refractivity contribution in [1.29, 1.82) is 0 Å². The van der Waals surface area contributed by atoms with Crippen molar-refractivity contribution in [2.24, 2.45) is 5.10 Å². The second-order valence-electron chi connectivity index (χ2n) is 9.51. The Morgan fingerprint density at radius 3 is 2.26 bits per heavy atom. The molecule has 0 atom stereocenters. The van der Waals surface area contributed by atoms with E-state index in [1.54, 1.807) is 75.4 Å². The van der Waals surface area contributed by atoms with Crippen LogP contribution in [0.4, 0.5) is 5.69 Å². The van der Waals surface area contributed by atoms with Gasteiger partial charge in [-0.25, -0.2) is 18.6 Å². The van der Waals surface area contributed by atoms with Gasteiger partial charge in [0.25, 0.3) is 15.9 Å². The maximum atomic E-state index is 13.4. The molecule has 3 aromatic rings. The molecule has 1 amide bonds. The number of halogens is 1. The number of esters is 1. The Labute approximate surface area is 233 Å². The summed E-state index contributed by atoms with van der Waals surface area (Å²) < 4.78 is 38.4. The molecule has 0 saturated carbocycles. The van der Waals surface area contributed by atoms with Crippen LogP contribution in [0.3, 0.4) is 0 Å². The van der Waals surface area contributed by atoms with Gasteiger partial charge in [-0.05, 0) is 81.8 Å². The molecule has 3 rings (SSSR count). The van der Waals surface area contributed by atoms with Crippen LogP contribution in [0.1, 0.15) is 31.9 Å². The summed E-state index contributed by atoms with van der Waals surface area (Å²) in [5, 5.41) is 4.11. The molecule has 206 valence electrons. The quantitative estimate of drug-likeness (QED) is 0.214. The first kappa shape index (κ1) is 29.7. The van der Waals surface area contributed by atoms with Crippen LogP contribution in [0.25, 0.3) is 0 Å². The molecule has 0 radical (unpaired) electrons. The van der Waals surface area contributed by atoms with Crippen molar-refractivity contribution >= 4 is 45.4 Å². The number of nitrogens with one attached hydrogen (secondary N) is 1. The molecular formula is C28H30ClN3O6S.